The quantitative estimate of drug-likeness (QED) is 0.918. The second-order valence-electron chi connectivity index (χ2n) is 4.90. The van der Waals surface area contributed by atoms with Gasteiger partial charge in [-0.3, -0.25) is 4.68 Å². The number of rotatable bonds is 5. The van der Waals surface area contributed by atoms with Crippen LogP contribution in [0.5, 0.6) is 0 Å². The summed E-state index contributed by atoms with van der Waals surface area (Å²) >= 11 is 0. The van der Waals surface area contributed by atoms with Crippen molar-refractivity contribution in [2.24, 2.45) is 7.05 Å². The minimum Gasteiger partial charge on any atom is -0.307 e. The Balaban J connectivity index is 1.90. The Morgan fingerprint density at radius 2 is 1.81 bits per heavy atom. The van der Waals surface area contributed by atoms with Gasteiger partial charge in [-0.2, -0.15) is 18.3 Å². The van der Waals surface area contributed by atoms with Crippen LogP contribution in [0.3, 0.4) is 0 Å². The maximum Gasteiger partial charge on any atom is 0.416 e. The Kier molecular flexibility index (Phi) is 4.67. The van der Waals surface area contributed by atoms with E-state index >= 15 is 0 Å². The van der Waals surface area contributed by atoms with Crippen molar-refractivity contribution in [2.75, 3.05) is 0 Å². The van der Waals surface area contributed by atoms with Crippen molar-refractivity contribution in [3.8, 4) is 0 Å². The predicted octanol–water partition coefficient (Wildman–Crippen LogP) is 3.29. The van der Waals surface area contributed by atoms with Gasteiger partial charge in [0.1, 0.15) is 0 Å². The number of halogens is 3. The third-order valence-corrected chi connectivity index (χ3v) is 3.31. The lowest BCUT2D eigenvalue weighted by Crippen LogP contribution is -2.15. The van der Waals surface area contributed by atoms with Crippen LogP contribution < -0.4 is 5.32 Å². The third kappa shape index (κ3) is 4.07. The predicted molar refractivity (Wildman–Crippen MR) is 74.6 cm³/mol. The van der Waals surface area contributed by atoms with E-state index in [0.717, 1.165) is 35.5 Å². The molecule has 0 atom stereocenters. The molecule has 6 heteroatoms. The summed E-state index contributed by atoms with van der Waals surface area (Å²) < 4.78 is 39.2. The highest BCUT2D eigenvalue weighted by Gasteiger charge is 2.29. The summed E-state index contributed by atoms with van der Waals surface area (Å²) in [7, 11) is 1.88. The zero-order chi connectivity index (χ0) is 15.5. The van der Waals surface area contributed by atoms with Gasteiger partial charge in [-0.25, -0.2) is 0 Å². The first kappa shape index (κ1) is 15.6. The van der Waals surface area contributed by atoms with Crippen LogP contribution in [0.4, 0.5) is 13.2 Å². The van der Waals surface area contributed by atoms with Gasteiger partial charge in [0, 0.05) is 20.1 Å². The van der Waals surface area contributed by atoms with E-state index in [1.54, 1.807) is 0 Å². The smallest absolute Gasteiger partial charge is 0.307 e. The number of alkyl halides is 3. The van der Waals surface area contributed by atoms with Crippen molar-refractivity contribution in [3.63, 3.8) is 0 Å². The molecule has 0 fully saturated rings. The van der Waals surface area contributed by atoms with Crippen LogP contribution in [0.1, 0.15) is 29.4 Å². The molecule has 0 radical (unpaired) electrons. The van der Waals surface area contributed by atoms with Crippen LogP contribution in [0, 0.1) is 0 Å². The van der Waals surface area contributed by atoms with Gasteiger partial charge in [0.15, 0.2) is 0 Å². The van der Waals surface area contributed by atoms with E-state index in [2.05, 4.69) is 10.4 Å². The molecular weight excluding hydrogens is 279 g/mol. The number of nitrogens with zero attached hydrogens (tertiary/aromatic N) is 2. The van der Waals surface area contributed by atoms with Crippen molar-refractivity contribution in [1.29, 1.82) is 0 Å². The van der Waals surface area contributed by atoms with E-state index < -0.39 is 11.7 Å². The normalized spacial score (nSPS) is 11.9. The highest BCUT2D eigenvalue weighted by atomic mass is 19.4. The van der Waals surface area contributed by atoms with E-state index in [-0.39, 0.29) is 0 Å². The van der Waals surface area contributed by atoms with Crippen LogP contribution in [0.25, 0.3) is 0 Å². The molecule has 0 amide bonds. The number of hydrogen-bond donors (Lipinski definition) is 1. The standard InChI is InChI=1S/C15H18F3N3/c1-3-13-8-14(21(2)20-13)10-19-9-11-4-6-12(7-5-11)15(16,17)18/h4-8,19H,3,9-10H2,1-2H3. The SMILES string of the molecule is CCc1cc(CNCc2ccc(C(F)(F)F)cc2)n(C)n1. The maximum atomic E-state index is 12.4. The van der Waals surface area contributed by atoms with Gasteiger partial charge >= 0.3 is 6.18 Å². The first-order chi connectivity index (χ1) is 9.90. The topological polar surface area (TPSA) is 29.9 Å². The van der Waals surface area contributed by atoms with E-state index in [0.29, 0.717) is 13.1 Å². The molecule has 0 saturated carbocycles. The van der Waals surface area contributed by atoms with Gasteiger partial charge in [0.05, 0.1) is 17.0 Å². The summed E-state index contributed by atoms with van der Waals surface area (Å²) in [5, 5.41) is 7.56. The van der Waals surface area contributed by atoms with E-state index in [9.17, 15) is 13.2 Å². The van der Waals surface area contributed by atoms with Gasteiger partial charge in [-0.05, 0) is 30.2 Å². The Morgan fingerprint density at radius 3 is 2.33 bits per heavy atom. The number of aromatic nitrogens is 2. The second kappa shape index (κ2) is 6.30. The summed E-state index contributed by atoms with van der Waals surface area (Å²) in [5.74, 6) is 0. The molecule has 1 aromatic carbocycles. The Bertz CT molecular complexity index is 585. The van der Waals surface area contributed by atoms with Crippen molar-refractivity contribution in [2.45, 2.75) is 32.6 Å². The highest BCUT2D eigenvalue weighted by Crippen LogP contribution is 2.29. The van der Waals surface area contributed by atoms with Crippen molar-refractivity contribution < 1.29 is 13.2 Å². The minimum absolute atomic E-state index is 0.519. The van der Waals surface area contributed by atoms with Crippen LogP contribution in [-0.4, -0.2) is 9.78 Å². The van der Waals surface area contributed by atoms with Crippen LogP contribution in [-0.2, 0) is 32.7 Å². The maximum absolute atomic E-state index is 12.4. The van der Waals surface area contributed by atoms with Gasteiger partial charge in [0.2, 0.25) is 0 Å². The molecule has 1 N–H and O–H groups in total. The fraction of sp³-hybridized carbons (Fsp3) is 0.400. The fourth-order valence-corrected chi connectivity index (χ4v) is 2.06. The highest BCUT2D eigenvalue weighted by molar-refractivity contribution is 5.24. The van der Waals surface area contributed by atoms with Gasteiger partial charge in [-0.15, -0.1) is 0 Å². The number of nitrogens with one attached hydrogen (secondary N) is 1. The van der Waals surface area contributed by atoms with Crippen LogP contribution in [0.2, 0.25) is 0 Å². The number of aryl methyl sites for hydroxylation is 2. The molecule has 1 aromatic heterocycles. The third-order valence-electron chi connectivity index (χ3n) is 3.31. The van der Waals surface area contributed by atoms with Gasteiger partial charge in [-0.1, -0.05) is 19.1 Å². The van der Waals surface area contributed by atoms with Crippen molar-refractivity contribution >= 4 is 0 Å². The lowest BCUT2D eigenvalue weighted by molar-refractivity contribution is -0.137. The summed E-state index contributed by atoms with van der Waals surface area (Å²) in [4.78, 5) is 0. The Morgan fingerprint density at radius 1 is 1.14 bits per heavy atom. The first-order valence-electron chi connectivity index (χ1n) is 6.78. The van der Waals surface area contributed by atoms with Gasteiger partial charge < -0.3 is 5.32 Å². The summed E-state index contributed by atoms with van der Waals surface area (Å²) in [6, 6.07) is 7.24. The summed E-state index contributed by atoms with van der Waals surface area (Å²) in [6.07, 6.45) is -3.40. The zero-order valence-corrected chi connectivity index (χ0v) is 12.0. The van der Waals surface area contributed by atoms with Crippen molar-refractivity contribution in [1.82, 2.24) is 15.1 Å². The summed E-state index contributed by atoms with van der Waals surface area (Å²) in [6.45, 7) is 3.19. The van der Waals surface area contributed by atoms with Crippen molar-refractivity contribution in [3.05, 3.63) is 52.8 Å². The second-order valence-corrected chi connectivity index (χ2v) is 4.90. The molecule has 0 aliphatic heterocycles. The molecule has 0 aliphatic carbocycles. The molecule has 0 spiro atoms. The number of benzene rings is 1. The lowest BCUT2D eigenvalue weighted by atomic mass is 10.1. The minimum atomic E-state index is -4.28. The Hall–Kier alpha value is -1.82. The molecule has 0 aliphatic rings. The number of hydrogen-bond acceptors (Lipinski definition) is 2. The fourth-order valence-electron chi connectivity index (χ4n) is 2.06. The monoisotopic (exact) mass is 297 g/mol. The largest absolute Gasteiger partial charge is 0.416 e. The molecule has 114 valence electrons. The molecular formula is C15H18F3N3. The summed E-state index contributed by atoms with van der Waals surface area (Å²) in [5.41, 5.74) is 2.29. The van der Waals surface area contributed by atoms with Crippen LogP contribution >= 0.6 is 0 Å². The molecule has 1 heterocycles. The van der Waals surface area contributed by atoms with E-state index in [1.807, 2.05) is 24.7 Å². The van der Waals surface area contributed by atoms with Crippen LogP contribution in [0.15, 0.2) is 30.3 Å². The molecule has 2 rings (SSSR count). The van der Waals surface area contributed by atoms with E-state index in [4.69, 9.17) is 0 Å². The molecule has 0 saturated heterocycles. The molecule has 21 heavy (non-hydrogen) atoms. The Labute approximate surface area is 121 Å². The van der Waals surface area contributed by atoms with Gasteiger partial charge in [0.25, 0.3) is 0 Å². The molecule has 0 unspecified atom stereocenters. The average Bonchev–Trinajstić information content (AvgIpc) is 2.79. The zero-order valence-electron chi connectivity index (χ0n) is 12.0. The molecule has 2 aromatic rings. The van der Waals surface area contributed by atoms with E-state index in [1.165, 1.54) is 12.1 Å². The first-order valence-corrected chi connectivity index (χ1v) is 6.78. The molecule has 0 bridgehead atoms. The lowest BCUT2D eigenvalue weighted by Gasteiger charge is -2.08. The molecule has 3 nitrogen and oxygen atoms in total. The average molecular weight is 297 g/mol.